The molecule has 9 nitrogen and oxygen atoms in total. The average molecular weight is 593 g/mol. The maximum absolute atomic E-state index is 13.6. The standard InChI is InChI=1S/C32H40N4O5S/c1-6-10-23-13-15-24(16-14-23)19-33-28(37)26-20-35(30-34-22(2)27(42-30)29(38)41-32(3,4)5)17-18-36(26)31(39)40-21-25-11-8-7-9-12-25/h7-9,11-16,26H,6,10,17-21H2,1-5H3,(H,33,37)/t26-/m1/s1. The van der Waals surface area contributed by atoms with Gasteiger partial charge in [-0.05, 0) is 50.8 Å². The molecule has 0 unspecified atom stereocenters. The van der Waals surface area contributed by atoms with Crippen molar-refractivity contribution >= 4 is 34.4 Å². The van der Waals surface area contributed by atoms with Crippen LogP contribution in [0.3, 0.4) is 0 Å². The number of carbonyl (C=O) groups is 3. The highest BCUT2D eigenvalue weighted by molar-refractivity contribution is 7.17. The Bertz CT molecular complexity index is 1370. The number of nitrogens with zero attached hydrogens (tertiary/aromatic N) is 3. The van der Waals surface area contributed by atoms with Gasteiger partial charge in [0, 0.05) is 26.2 Å². The smallest absolute Gasteiger partial charge is 0.410 e. The van der Waals surface area contributed by atoms with Gasteiger partial charge in [-0.3, -0.25) is 9.69 Å². The first kappa shape index (κ1) is 31.0. The van der Waals surface area contributed by atoms with E-state index in [1.165, 1.54) is 21.8 Å². The van der Waals surface area contributed by atoms with Crippen molar-refractivity contribution in [2.75, 3.05) is 24.5 Å². The van der Waals surface area contributed by atoms with Crippen molar-refractivity contribution < 1.29 is 23.9 Å². The molecule has 224 valence electrons. The highest BCUT2D eigenvalue weighted by Gasteiger charge is 2.38. The topological polar surface area (TPSA) is 101 Å². The van der Waals surface area contributed by atoms with Crippen molar-refractivity contribution in [3.63, 3.8) is 0 Å². The van der Waals surface area contributed by atoms with E-state index in [-0.39, 0.29) is 25.6 Å². The van der Waals surface area contributed by atoms with E-state index in [4.69, 9.17) is 9.47 Å². The summed E-state index contributed by atoms with van der Waals surface area (Å²) in [6.45, 7) is 10.7. The number of nitrogens with one attached hydrogen (secondary N) is 1. The fraction of sp³-hybridized carbons (Fsp3) is 0.438. The van der Waals surface area contributed by atoms with Crippen molar-refractivity contribution in [1.82, 2.24) is 15.2 Å². The second kappa shape index (κ2) is 13.8. The van der Waals surface area contributed by atoms with Crippen molar-refractivity contribution in [3.05, 3.63) is 81.9 Å². The molecular weight excluding hydrogens is 552 g/mol. The highest BCUT2D eigenvalue weighted by Crippen LogP contribution is 2.30. The molecule has 0 bridgehead atoms. The number of aryl methyl sites for hydroxylation is 2. The van der Waals surface area contributed by atoms with Crippen LogP contribution in [0.1, 0.15) is 66.2 Å². The number of hydrogen-bond acceptors (Lipinski definition) is 8. The summed E-state index contributed by atoms with van der Waals surface area (Å²) < 4.78 is 11.2. The molecule has 0 aliphatic carbocycles. The van der Waals surface area contributed by atoms with Crippen molar-refractivity contribution in [2.45, 2.75) is 72.3 Å². The Morgan fingerprint density at radius 1 is 1.00 bits per heavy atom. The number of amides is 2. The van der Waals surface area contributed by atoms with E-state index in [2.05, 4.69) is 29.4 Å². The second-order valence-corrected chi connectivity index (χ2v) is 12.4. The Morgan fingerprint density at radius 2 is 1.69 bits per heavy atom. The number of thiazole rings is 1. The lowest BCUT2D eigenvalue weighted by Gasteiger charge is -2.39. The predicted molar refractivity (Wildman–Crippen MR) is 164 cm³/mol. The van der Waals surface area contributed by atoms with E-state index in [1.54, 1.807) is 6.92 Å². The van der Waals surface area contributed by atoms with Crippen molar-refractivity contribution in [2.24, 2.45) is 0 Å². The fourth-order valence-electron chi connectivity index (χ4n) is 4.65. The minimum Gasteiger partial charge on any atom is -0.456 e. The van der Waals surface area contributed by atoms with E-state index in [0.717, 1.165) is 24.0 Å². The maximum atomic E-state index is 13.6. The molecular formula is C32H40N4O5S. The summed E-state index contributed by atoms with van der Waals surface area (Å²) in [4.78, 5) is 48.0. The molecule has 0 radical (unpaired) electrons. The molecule has 42 heavy (non-hydrogen) atoms. The molecule has 2 heterocycles. The lowest BCUT2D eigenvalue weighted by Crippen LogP contribution is -2.60. The fourth-order valence-corrected chi connectivity index (χ4v) is 5.63. The number of anilines is 1. The summed E-state index contributed by atoms with van der Waals surface area (Å²) in [6, 6.07) is 16.8. The third-order valence-corrected chi connectivity index (χ3v) is 7.99. The largest absolute Gasteiger partial charge is 0.456 e. The number of esters is 1. The summed E-state index contributed by atoms with van der Waals surface area (Å²) in [6.07, 6.45) is 1.53. The van der Waals surface area contributed by atoms with Crippen LogP contribution < -0.4 is 10.2 Å². The molecule has 1 aromatic heterocycles. The van der Waals surface area contributed by atoms with Gasteiger partial charge in [-0.1, -0.05) is 79.3 Å². The molecule has 2 aromatic carbocycles. The van der Waals surface area contributed by atoms with Crippen LogP contribution in [0.25, 0.3) is 0 Å². The van der Waals surface area contributed by atoms with Crippen LogP contribution >= 0.6 is 11.3 Å². The van der Waals surface area contributed by atoms with Gasteiger partial charge in [-0.15, -0.1) is 0 Å². The Hall–Kier alpha value is -3.92. The molecule has 4 rings (SSSR count). The number of aromatic nitrogens is 1. The average Bonchev–Trinajstić information content (AvgIpc) is 3.36. The molecule has 1 atom stereocenters. The van der Waals surface area contributed by atoms with E-state index in [0.29, 0.717) is 28.8 Å². The van der Waals surface area contributed by atoms with Crippen LogP contribution in [0.4, 0.5) is 9.93 Å². The van der Waals surface area contributed by atoms with E-state index in [1.807, 2.05) is 68.1 Å². The van der Waals surface area contributed by atoms with E-state index >= 15 is 0 Å². The van der Waals surface area contributed by atoms with Crippen LogP contribution in [0, 0.1) is 6.92 Å². The maximum Gasteiger partial charge on any atom is 0.410 e. The second-order valence-electron chi connectivity index (χ2n) is 11.4. The molecule has 1 aliphatic rings. The number of piperazine rings is 1. The van der Waals surface area contributed by atoms with Crippen molar-refractivity contribution in [3.8, 4) is 0 Å². The van der Waals surface area contributed by atoms with Crippen LogP contribution in [0.2, 0.25) is 0 Å². The molecule has 3 aromatic rings. The highest BCUT2D eigenvalue weighted by atomic mass is 32.1. The Morgan fingerprint density at radius 3 is 2.36 bits per heavy atom. The molecule has 1 fully saturated rings. The van der Waals surface area contributed by atoms with Gasteiger partial charge in [0.05, 0.1) is 5.69 Å². The number of hydrogen-bond donors (Lipinski definition) is 1. The van der Waals surface area contributed by atoms with Crippen molar-refractivity contribution in [1.29, 1.82) is 0 Å². The van der Waals surface area contributed by atoms with Crippen LogP contribution in [-0.2, 0) is 33.8 Å². The third-order valence-electron chi connectivity index (χ3n) is 6.79. The van der Waals surface area contributed by atoms with E-state index < -0.39 is 23.7 Å². The first-order chi connectivity index (χ1) is 20.0. The predicted octanol–water partition coefficient (Wildman–Crippen LogP) is 5.50. The third kappa shape index (κ3) is 8.31. The zero-order valence-electron chi connectivity index (χ0n) is 25.0. The van der Waals surface area contributed by atoms with Gasteiger partial charge in [0.15, 0.2) is 5.13 Å². The number of rotatable bonds is 9. The molecule has 2 amide bonds. The quantitative estimate of drug-likeness (QED) is 0.327. The SMILES string of the molecule is CCCc1ccc(CNC(=O)[C@H]2CN(c3nc(C)c(C(=O)OC(C)(C)C)s3)CCN2C(=O)OCc2ccccc2)cc1. The normalized spacial score (nSPS) is 15.3. The molecule has 1 N–H and O–H groups in total. The van der Waals surface area contributed by atoms with Gasteiger partial charge < -0.3 is 19.7 Å². The van der Waals surface area contributed by atoms with Crippen LogP contribution in [-0.4, -0.2) is 59.1 Å². The van der Waals surface area contributed by atoms with Crippen LogP contribution in [0.15, 0.2) is 54.6 Å². The minimum atomic E-state index is -0.810. The van der Waals surface area contributed by atoms with Gasteiger partial charge in [-0.2, -0.15) is 0 Å². The molecule has 1 aliphatic heterocycles. The van der Waals surface area contributed by atoms with Gasteiger partial charge in [0.2, 0.25) is 5.91 Å². The van der Waals surface area contributed by atoms with Gasteiger partial charge in [0.25, 0.3) is 0 Å². The summed E-state index contributed by atoms with van der Waals surface area (Å²) in [7, 11) is 0. The first-order valence-corrected chi connectivity index (χ1v) is 15.1. The number of benzene rings is 2. The number of ether oxygens (including phenoxy) is 2. The monoisotopic (exact) mass is 592 g/mol. The lowest BCUT2D eigenvalue weighted by atomic mass is 10.1. The van der Waals surface area contributed by atoms with E-state index in [9.17, 15) is 14.4 Å². The summed E-state index contributed by atoms with van der Waals surface area (Å²) in [5.41, 5.74) is 3.05. The Kier molecular flexibility index (Phi) is 10.2. The molecule has 1 saturated heterocycles. The number of carbonyl (C=O) groups excluding carboxylic acids is 3. The Labute approximate surface area is 251 Å². The molecule has 10 heteroatoms. The summed E-state index contributed by atoms with van der Waals surface area (Å²) in [5, 5.41) is 3.61. The lowest BCUT2D eigenvalue weighted by molar-refractivity contribution is -0.126. The van der Waals surface area contributed by atoms with Crippen LogP contribution in [0.5, 0.6) is 0 Å². The summed E-state index contributed by atoms with van der Waals surface area (Å²) in [5.74, 6) is -0.708. The zero-order valence-corrected chi connectivity index (χ0v) is 25.8. The first-order valence-electron chi connectivity index (χ1n) is 14.3. The van der Waals surface area contributed by atoms with Gasteiger partial charge >= 0.3 is 12.1 Å². The van der Waals surface area contributed by atoms with Gasteiger partial charge in [-0.25, -0.2) is 14.6 Å². The molecule has 0 spiro atoms. The summed E-state index contributed by atoms with van der Waals surface area (Å²) >= 11 is 1.24. The molecule has 0 saturated carbocycles. The van der Waals surface area contributed by atoms with Gasteiger partial charge in [0.1, 0.15) is 23.1 Å². The Balaban J connectivity index is 1.49. The minimum absolute atomic E-state index is 0.114. The zero-order chi connectivity index (χ0) is 30.3.